The van der Waals surface area contributed by atoms with Crippen molar-refractivity contribution in [2.45, 2.75) is 25.8 Å². The molecule has 2 rings (SSSR count). The van der Waals surface area contributed by atoms with E-state index in [-0.39, 0.29) is 5.91 Å². The second-order valence-corrected chi connectivity index (χ2v) is 4.90. The molecular weight excluding hydrogens is 230 g/mol. The van der Waals surface area contributed by atoms with Crippen molar-refractivity contribution in [3.05, 3.63) is 18.7 Å². The van der Waals surface area contributed by atoms with Gasteiger partial charge >= 0.3 is 0 Å². The summed E-state index contributed by atoms with van der Waals surface area (Å²) in [5, 5.41) is 0. The quantitative estimate of drug-likeness (QED) is 0.789. The summed E-state index contributed by atoms with van der Waals surface area (Å²) in [6.07, 6.45) is 8.24. The van der Waals surface area contributed by atoms with Crippen molar-refractivity contribution >= 4 is 5.91 Å². The number of rotatable bonds is 5. The van der Waals surface area contributed by atoms with E-state index in [1.54, 1.807) is 17.4 Å². The number of aromatic nitrogens is 2. The number of carbonyl (C=O) groups is 1. The minimum Gasteiger partial charge on any atom is -0.381 e. The van der Waals surface area contributed by atoms with E-state index in [0.29, 0.717) is 12.3 Å². The van der Waals surface area contributed by atoms with Gasteiger partial charge in [-0.25, -0.2) is 4.98 Å². The molecule has 0 radical (unpaired) electrons. The summed E-state index contributed by atoms with van der Waals surface area (Å²) in [5.41, 5.74) is 0. The van der Waals surface area contributed by atoms with E-state index in [1.165, 1.54) is 0 Å². The summed E-state index contributed by atoms with van der Waals surface area (Å²) in [4.78, 5) is 17.8. The zero-order valence-corrected chi connectivity index (χ0v) is 10.9. The number of amides is 1. The van der Waals surface area contributed by atoms with Crippen LogP contribution in [0.4, 0.5) is 0 Å². The molecule has 0 saturated carbocycles. The summed E-state index contributed by atoms with van der Waals surface area (Å²) >= 11 is 0. The standard InChI is InChI=1S/C13H21N3O2/c1-15(6-7-16-5-4-14-11-16)13(17)9-12-3-2-8-18-10-12/h4-5,11-12H,2-3,6-10H2,1H3. The van der Waals surface area contributed by atoms with Crippen molar-refractivity contribution in [3.8, 4) is 0 Å². The van der Waals surface area contributed by atoms with Crippen molar-refractivity contribution in [2.24, 2.45) is 5.92 Å². The Bertz CT molecular complexity index is 358. The van der Waals surface area contributed by atoms with E-state index < -0.39 is 0 Å². The van der Waals surface area contributed by atoms with Crippen LogP contribution in [0.25, 0.3) is 0 Å². The van der Waals surface area contributed by atoms with Crippen LogP contribution in [0.5, 0.6) is 0 Å². The number of likely N-dealkylation sites (N-methyl/N-ethyl adjacent to an activating group) is 1. The third-order valence-electron chi connectivity index (χ3n) is 3.40. The van der Waals surface area contributed by atoms with Crippen LogP contribution in [0.15, 0.2) is 18.7 Å². The van der Waals surface area contributed by atoms with Crippen molar-refractivity contribution in [2.75, 3.05) is 26.8 Å². The number of imidazole rings is 1. The molecule has 0 spiro atoms. The van der Waals surface area contributed by atoms with Crippen LogP contribution < -0.4 is 0 Å². The second kappa shape index (κ2) is 6.54. The Hall–Kier alpha value is -1.36. The van der Waals surface area contributed by atoms with E-state index >= 15 is 0 Å². The zero-order chi connectivity index (χ0) is 12.8. The fraction of sp³-hybridized carbons (Fsp3) is 0.692. The molecule has 100 valence electrons. The van der Waals surface area contributed by atoms with Crippen molar-refractivity contribution in [1.29, 1.82) is 0 Å². The van der Waals surface area contributed by atoms with E-state index in [0.717, 1.165) is 39.1 Å². The van der Waals surface area contributed by atoms with Crippen LogP contribution in [-0.2, 0) is 16.1 Å². The molecule has 2 heterocycles. The van der Waals surface area contributed by atoms with Crippen LogP contribution in [-0.4, -0.2) is 47.2 Å². The highest BCUT2D eigenvalue weighted by Gasteiger charge is 2.19. The molecule has 0 aliphatic carbocycles. The number of ether oxygens (including phenoxy) is 1. The van der Waals surface area contributed by atoms with Gasteiger partial charge < -0.3 is 14.2 Å². The predicted octanol–water partition coefficient (Wildman–Crippen LogP) is 1.16. The first-order valence-corrected chi connectivity index (χ1v) is 6.53. The zero-order valence-electron chi connectivity index (χ0n) is 10.9. The summed E-state index contributed by atoms with van der Waals surface area (Å²) in [7, 11) is 1.86. The molecule has 1 aromatic rings. The molecule has 0 bridgehead atoms. The molecule has 1 aliphatic rings. The lowest BCUT2D eigenvalue weighted by Crippen LogP contribution is -2.32. The largest absolute Gasteiger partial charge is 0.381 e. The molecule has 1 saturated heterocycles. The van der Waals surface area contributed by atoms with Crippen LogP contribution in [0.2, 0.25) is 0 Å². The molecule has 18 heavy (non-hydrogen) atoms. The average molecular weight is 251 g/mol. The fourth-order valence-electron chi connectivity index (χ4n) is 2.18. The molecular formula is C13H21N3O2. The van der Waals surface area contributed by atoms with E-state index in [4.69, 9.17) is 4.74 Å². The topological polar surface area (TPSA) is 47.4 Å². The summed E-state index contributed by atoms with van der Waals surface area (Å²) < 4.78 is 7.38. The molecule has 1 aliphatic heterocycles. The normalized spacial score (nSPS) is 19.7. The number of nitrogens with zero attached hydrogens (tertiary/aromatic N) is 3. The fourth-order valence-corrected chi connectivity index (χ4v) is 2.18. The number of carbonyl (C=O) groups excluding carboxylic acids is 1. The first kappa shape index (κ1) is 13.1. The van der Waals surface area contributed by atoms with Crippen LogP contribution in [0.3, 0.4) is 0 Å². The second-order valence-electron chi connectivity index (χ2n) is 4.90. The van der Waals surface area contributed by atoms with Crippen molar-refractivity contribution < 1.29 is 9.53 Å². The highest BCUT2D eigenvalue weighted by Crippen LogP contribution is 2.17. The smallest absolute Gasteiger partial charge is 0.222 e. The summed E-state index contributed by atoms with van der Waals surface area (Å²) in [6.45, 7) is 3.11. The Labute approximate surface area is 108 Å². The first-order valence-electron chi connectivity index (χ1n) is 6.53. The molecule has 0 aromatic carbocycles. The molecule has 5 heteroatoms. The van der Waals surface area contributed by atoms with Gasteiger partial charge in [0.2, 0.25) is 5.91 Å². The molecule has 1 aromatic heterocycles. The van der Waals surface area contributed by atoms with Gasteiger partial charge in [-0.1, -0.05) is 0 Å². The highest BCUT2D eigenvalue weighted by molar-refractivity contribution is 5.76. The van der Waals surface area contributed by atoms with Crippen LogP contribution >= 0.6 is 0 Å². The monoisotopic (exact) mass is 251 g/mol. The molecule has 5 nitrogen and oxygen atoms in total. The van der Waals surface area contributed by atoms with Gasteiger partial charge in [0.15, 0.2) is 0 Å². The van der Waals surface area contributed by atoms with Gasteiger partial charge in [-0.2, -0.15) is 0 Å². The van der Waals surface area contributed by atoms with Crippen molar-refractivity contribution in [3.63, 3.8) is 0 Å². The average Bonchev–Trinajstić information content (AvgIpc) is 2.90. The number of hydrogen-bond acceptors (Lipinski definition) is 3. The van der Waals surface area contributed by atoms with Gasteiger partial charge in [0.05, 0.1) is 6.33 Å². The van der Waals surface area contributed by atoms with Gasteiger partial charge in [-0.3, -0.25) is 4.79 Å². The Morgan fingerprint density at radius 3 is 3.17 bits per heavy atom. The van der Waals surface area contributed by atoms with Crippen molar-refractivity contribution in [1.82, 2.24) is 14.5 Å². The maximum Gasteiger partial charge on any atom is 0.222 e. The predicted molar refractivity (Wildman–Crippen MR) is 68.0 cm³/mol. The minimum absolute atomic E-state index is 0.214. The van der Waals surface area contributed by atoms with Crippen LogP contribution in [0.1, 0.15) is 19.3 Å². The lowest BCUT2D eigenvalue weighted by Gasteiger charge is -2.24. The van der Waals surface area contributed by atoms with E-state index in [1.807, 2.05) is 17.8 Å². The number of hydrogen-bond donors (Lipinski definition) is 0. The third kappa shape index (κ3) is 3.84. The first-order chi connectivity index (χ1) is 8.75. The van der Waals surface area contributed by atoms with Gasteiger partial charge in [0.25, 0.3) is 0 Å². The summed E-state index contributed by atoms with van der Waals surface area (Å²) in [5.74, 6) is 0.618. The Balaban J connectivity index is 1.70. The Morgan fingerprint density at radius 2 is 2.50 bits per heavy atom. The Kier molecular flexibility index (Phi) is 4.75. The molecule has 1 fully saturated rings. The summed E-state index contributed by atoms with van der Waals surface area (Å²) in [6, 6.07) is 0. The minimum atomic E-state index is 0.214. The lowest BCUT2D eigenvalue weighted by molar-refractivity contribution is -0.132. The van der Waals surface area contributed by atoms with Gasteiger partial charge in [-0.05, 0) is 18.8 Å². The SMILES string of the molecule is CN(CCn1ccnc1)C(=O)CC1CCCOC1. The van der Waals surface area contributed by atoms with Gasteiger partial charge in [-0.15, -0.1) is 0 Å². The van der Waals surface area contributed by atoms with Crippen LogP contribution in [0, 0.1) is 5.92 Å². The van der Waals surface area contributed by atoms with Gasteiger partial charge in [0.1, 0.15) is 0 Å². The third-order valence-corrected chi connectivity index (χ3v) is 3.40. The molecule has 1 amide bonds. The van der Waals surface area contributed by atoms with E-state index in [2.05, 4.69) is 4.98 Å². The molecule has 1 atom stereocenters. The maximum atomic E-state index is 12.0. The Morgan fingerprint density at radius 1 is 1.61 bits per heavy atom. The molecule has 1 unspecified atom stereocenters. The highest BCUT2D eigenvalue weighted by atomic mass is 16.5. The van der Waals surface area contributed by atoms with E-state index in [9.17, 15) is 4.79 Å². The maximum absolute atomic E-state index is 12.0. The van der Waals surface area contributed by atoms with Gasteiger partial charge in [0, 0.05) is 52.2 Å². The molecule has 0 N–H and O–H groups in total. The lowest BCUT2D eigenvalue weighted by atomic mass is 9.98.